The van der Waals surface area contributed by atoms with Crippen LogP contribution in [0.2, 0.25) is 5.02 Å². The topological polar surface area (TPSA) is 69.6 Å². The zero-order valence-corrected chi connectivity index (χ0v) is 12.9. The molecule has 1 aromatic heterocycles. The molecule has 0 radical (unpaired) electrons. The summed E-state index contributed by atoms with van der Waals surface area (Å²) in [6, 6.07) is 5.39. The maximum absolute atomic E-state index is 6.07. The molecule has 1 aliphatic carbocycles. The molecule has 21 heavy (non-hydrogen) atoms. The van der Waals surface area contributed by atoms with Crippen molar-refractivity contribution in [1.82, 2.24) is 20.2 Å². The number of aromatic nitrogens is 4. The number of halogens is 1. The van der Waals surface area contributed by atoms with E-state index in [1.807, 2.05) is 10.7 Å². The van der Waals surface area contributed by atoms with E-state index < -0.39 is 0 Å². The van der Waals surface area contributed by atoms with E-state index in [2.05, 4.69) is 22.4 Å². The van der Waals surface area contributed by atoms with Crippen molar-refractivity contribution in [2.45, 2.75) is 39.2 Å². The highest BCUT2D eigenvalue weighted by Gasteiger charge is 2.24. The van der Waals surface area contributed by atoms with Crippen LogP contribution in [0, 0.1) is 11.8 Å². The number of tetrazole rings is 1. The monoisotopic (exact) mass is 305 g/mol. The van der Waals surface area contributed by atoms with Gasteiger partial charge in [0.15, 0.2) is 5.82 Å². The van der Waals surface area contributed by atoms with Crippen molar-refractivity contribution < 1.29 is 0 Å². The number of hydrogen-bond donors (Lipinski definition) is 1. The molecule has 112 valence electrons. The third-order valence-corrected chi connectivity index (χ3v) is 4.72. The molecule has 2 aromatic rings. The molecule has 2 unspecified atom stereocenters. The number of nitrogen functional groups attached to an aromatic ring is 1. The highest BCUT2D eigenvalue weighted by molar-refractivity contribution is 6.31. The normalized spacial score (nSPS) is 22.4. The lowest BCUT2D eigenvalue weighted by Gasteiger charge is -2.28. The van der Waals surface area contributed by atoms with Crippen LogP contribution in [0.5, 0.6) is 0 Å². The summed E-state index contributed by atoms with van der Waals surface area (Å²) in [5.74, 6) is 2.04. The lowest BCUT2D eigenvalue weighted by atomic mass is 9.80. The Kier molecular flexibility index (Phi) is 4.10. The van der Waals surface area contributed by atoms with Crippen molar-refractivity contribution in [2.75, 3.05) is 5.73 Å². The van der Waals surface area contributed by atoms with Crippen LogP contribution in [0.3, 0.4) is 0 Å². The van der Waals surface area contributed by atoms with E-state index in [9.17, 15) is 0 Å². The summed E-state index contributed by atoms with van der Waals surface area (Å²) in [7, 11) is 0. The Bertz CT molecular complexity index is 624. The van der Waals surface area contributed by atoms with Crippen molar-refractivity contribution >= 4 is 17.3 Å². The van der Waals surface area contributed by atoms with Crippen molar-refractivity contribution in [3.63, 3.8) is 0 Å². The highest BCUT2D eigenvalue weighted by atomic mass is 35.5. The summed E-state index contributed by atoms with van der Waals surface area (Å²) in [6.07, 6.45) is 5.17. The first-order valence-corrected chi connectivity index (χ1v) is 7.84. The van der Waals surface area contributed by atoms with E-state index in [-0.39, 0.29) is 0 Å². The smallest absolute Gasteiger partial charge is 0.184 e. The molecule has 2 atom stereocenters. The van der Waals surface area contributed by atoms with E-state index in [1.54, 1.807) is 12.1 Å². The van der Waals surface area contributed by atoms with Crippen LogP contribution in [0.4, 0.5) is 5.69 Å². The Morgan fingerprint density at radius 1 is 1.33 bits per heavy atom. The molecule has 6 heteroatoms. The maximum atomic E-state index is 6.07. The van der Waals surface area contributed by atoms with Crippen molar-refractivity contribution in [1.29, 1.82) is 0 Å². The van der Waals surface area contributed by atoms with Gasteiger partial charge in [-0.05, 0) is 46.9 Å². The predicted octanol–water partition coefficient (Wildman–Crippen LogP) is 3.40. The molecule has 0 spiro atoms. The molecule has 1 aliphatic rings. The van der Waals surface area contributed by atoms with Gasteiger partial charge in [0.25, 0.3) is 0 Å². The molecule has 5 nitrogen and oxygen atoms in total. The quantitative estimate of drug-likeness (QED) is 0.882. The molecule has 1 saturated carbocycles. The van der Waals surface area contributed by atoms with Gasteiger partial charge in [-0.2, -0.15) is 0 Å². The van der Waals surface area contributed by atoms with Crippen molar-refractivity contribution in [2.24, 2.45) is 11.8 Å². The van der Waals surface area contributed by atoms with Crippen molar-refractivity contribution in [3.8, 4) is 11.4 Å². The Hall–Kier alpha value is -1.62. The average Bonchev–Trinajstić information content (AvgIpc) is 2.92. The second kappa shape index (κ2) is 6.02. The molecule has 0 aliphatic heterocycles. The van der Waals surface area contributed by atoms with Gasteiger partial charge < -0.3 is 5.73 Å². The molecule has 0 amide bonds. The molecule has 1 heterocycles. The summed E-state index contributed by atoms with van der Waals surface area (Å²) in [5.41, 5.74) is 7.49. The van der Waals surface area contributed by atoms with Gasteiger partial charge in [-0.3, -0.25) is 0 Å². The van der Waals surface area contributed by atoms with Gasteiger partial charge >= 0.3 is 0 Å². The van der Waals surface area contributed by atoms with E-state index >= 15 is 0 Å². The van der Waals surface area contributed by atoms with Crippen LogP contribution in [0.1, 0.15) is 32.6 Å². The Labute approximate surface area is 129 Å². The fraction of sp³-hybridized carbons (Fsp3) is 0.533. The minimum absolute atomic E-state index is 0.626. The number of benzene rings is 1. The first-order chi connectivity index (χ1) is 10.1. The highest BCUT2D eigenvalue weighted by Crippen LogP contribution is 2.32. The molecular weight excluding hydrogens is 286 g/mol. The maximum Gasteiger partial charge on any atom is 0.184 e. The third-order valence-electron chi connectivity index (χ3n) is 4.48. The molecule has 3 rings (SSSR count). The zero-order valence-electron chi connectivity index (χ0n) is 12.2. The van der Waals surface area contributed by atoms with Gasteiger partial charge in [0.2, 0.25) is 0 Å². The summed E-state index contributed by atoms with van der Waals surface area (Å²) in [4.78, 5) is 0. The zero-order chi connectivity index (χ0) is 14.8. The van der Waals surface area contributed by atoms with E-state index in [4.69, 9.17) is 17.3 Å². The summed E-state index contributed by atoms with van der Waals surface area (Å²) < 4.78 is 1.87. The van der Waals surface area contributed by atoms with E-state index in [0.717, 1.165) is 12.1 Å². The van der Waals surface area contributed by atoms with Gasteiger partial charge in [0.1, 0.15) is 0 Å². The molecular formula is C15H20ClN5. The second-order valence-corrected chi connectivity index (χ2v) is 6.37. The van der Waals surface area contributed by atoms with Crippen LogP contribution in [0.25, 0.3) is 11.4 Å². The number of hydrogen-bond acceptors (Lipinski definition) is 4. The second-order valence-electron chi connectivity index (χ2n) is 5.94. The Balaban J connectivity index is 1.88. The van der Waals surface area contributed by atoms with E-state index in [0.29, 0.717) is 28.4 Å². The third kappa shape index (κ3) is 3.02. The minimum atomic E-state index is 0.626. The summed E-state index contributed by atoms with van der Waals surface area (Å²) in [5, 5.41) is 12.8. The molecule has 0 saturated heterocycles. The van der Waals surface area contributed by atoms with Crippen LogP contribution in [-0.2, 0) is 6.54 Å². The van der Waals surface area contributed by atoms with Gasteiger partial charge in [0, 0.05) is 22.8 Å². The number of rotatable bonds is 3. The van der Waals surface area contributed by atoms with E-state index in [1.165, 1.54) is 25.7 Å². The van der Waals surface area contributed by atoms with Gasteiger partial charge in [-0.15, -0.1) is 5.10 Å². The lowest BCUT2D eigenvalue weighted by molar-refractivity contribution is 0.221. The van der Waals surface area contributed by atoms with Gasteiger partial charge in [0.05, 0.1) is 0 Å². The SMILES string of the molecule is CC1CCCCC1Cn1nnnc1-c1cc(Cl)ccc1N. The minimum Gasteiger partial charge on any atom is -0.398 e. The lowest BCUT2D eigenvalue weighted by Crippen LogP contribution is -2.23. The largest absolute Gasteiger partial charge is 0.398 e. The predicted molar refractivity (Wildman–Crippen MR) is 83.8 cm³/mol. The fourth-order valence-electron chi connectivity index (χ4n) is 3.13. The van der Waals surface area contributed by atoms with Crippen LogP contribution >= 0.6 is 11.6 Å². The summed E-state index contributed by atoms with van der Waals surface area (Å²) in [6.45, 7) is 3.16. The molecule has 1 fully saturated rings. The van der Waals surface area contributed by atoms with Gasteiger partial charge in [-0.1, -0.05) is 37.8 Å². The molecule has 1 aromatic carbocycles. The summed E-state index contributed by atoms with van der Waals surface area (Å²) >= 11 is 6.07. The number of nitrogens with zero attached hydrogens (tertiary/aromatic N) is 4. The number of anilines is 1. The Morgan fingerprint density at radius 2 is 2.14 bits per heavy atom. The fourth-order valence-corrected chi connectivity index (χ4v) is 3.30. The first-order valence-electron chi connectivity index (χ1n) is 7.46. The van der Waals surface area contributed by atoms with Crippen molar-refractivity contribution in [3.05, 3.63) is 23.2 Å². The standard InChI is InChI=1S/C15H20ClN5/c1-10-4-2-3-5-11(10)9-21-15(18-19-20-21)13-8-12(16)6-7-14(13)17/h6-8,10-11H,2-5,9,17H2,1H3. The van der Waals surface area contributed by atoms with Gasteiger partial charge in [-0.25, -0.2) is 4.68 Å². The van der Waals surface area contributed by atoms with Crippen LogP contribution in [0.15, 0.2) is 18.2 Å². The number of nitrogens with two attached hydrogens (primary N) is 1. The average molecular weight is 306 g/mol. The Morgan fingerprint density at radius 3 is 2.95 bits per heavy atom. The first kappa shape index (κ1) is 14.3. The molecule has 0 bridgehead atoms. The van der Waals surface area contributed by atoms with Crippen LogP contribution < -0.4 is 5.73 Å². The van der Waals surface area contributed by atoms with Crippen LogP contribution in [-0.4, -0.2) is 20.2 Å². The molecule has 2 N–H and O–H groups in total.